The summed E-state index contributed by atoms with van der Waals surface area (Å²) in [5, 5.41) is 2.66. The summed E-state index contributed by atoms with van der Waals surface area (Å²) in [6, 6.07) is -0.209. The van der Waals surface area contributed by atoms with Crippen molar-refractivity contribution >= 4 is 30.5 Å². The fourth-order valence-electron chi connectivity index (χ4n) is 4.64. The molecule has 2 atom stereocenters. The van der Waals surface area contributed by atoms with Gasteiger partial charge in [-0.3, -0.25) is 4.79 Å². The van der Waals surface area contributed by atoms with Crippen molar-refractivity contribution in [3.63, 3.8) is 0 Å². The molecule has 0 unspecified atom stereocenters. The highest BCUT2D eigenvalue weighted by Crippen LogP contribution is 2.36. The minimum Gasteiger partial charge on any atom is -0.444 e. The van der Waals surface area contributed by atoms with Crippen LogP contribution in [0.4, 0.5) is 10.7 Å². The molecule has 204 valence electrons. The maximum atomic E-state index is 12.9. The van der Waals surface area contributed by atoms with E-state index in [0.29, 0.717) is 31.0 Å². The third kappa shape index (κ3) is 6.55. The van der Waals surface area contributed by atoms with Crippen LogP contribution in [0.25, 0.3) is 0 Å². The predicted molar refractivity (Wildman–Crippen MR) is 142 cm³/mol. The van der Waals surface area contributed by atoms with Gasteiger partial charge in [-0.2, -0.15) is 0 Å². The number of ether oxygens (including phenoxy) is 1. The highest BCUT2D eigenvalue weighted by Gasteiger charge is 2.52. The van der Waals surface area contributed by atoms with E-state index in [9.17, 15) is 9.59 Å². The smallest absolute Gasteiger partial charge is 0.444 e. The normalized spacial score (nSPS) is 23.6. The van der Waals surface area contributed by atoms with Gasteiger partial charge in [0.15, 0.2) is 0 Å². The molecule has 2 saturated heterocycles. The lowest BCUT2D eigenvalue weighted by molar-refractivity contribution is -0.132. The zero-order valence-electron chi connectivity index (χ0n) is 23.5. The van der Waals surface area contributed by atoms with E-state index < -0.39 is 36.1 Å². The summed E-state index contributed by atoms with van der Waals surface area (Å²) in [5.74, 6) is 0.923. The fourth-order valence-corrected chi connectivity index (χ4v) is 4.64. The molecule has 1 N–H and O–H groups in total. The van der Waals surface area contributed by atoms with E-state index in [2.05, 4.69) is 20.2 Å². The first-order valence-corrected chi connectivity index (χ1v) is 13.4. The lowest BCUT2D eigenvalue weighted by atomic mass is 9.81. The van der Waals surface area contributed by atoms with Gasteiger partial charge in [-0.05, 0) is 80.6 Å². The summed E-state index contributed by atoms with van der Waals surface area (Å²) in [6.07, 6.45) is 6.16. The molecule has 1 saturated carbocycles. The first-order chi connectivity index (χ1) is 17.1. The molecule has 0 radical (unpaired) electrons. The van der Waals surface area contributed by atoms with Crippen molar-refractivity contribution in [2.24, 2.45) is 5.92 Å². The molecule has 3 heterocycles. The molecule has 2 aliphatic heterocycles. The Bertz CT molecular complexity index is 976. The van der Waals surface area contributed by atoms with Crippen LogP contribution in [0, 0.1) is 5.92 Å². The zero-order valence-corrected chi connectivity index (χ0v) is 23.5. The molecule has 0 bridgehead atoms. The molecule has 37 heavy (non-hydrogen) atoms. The first kappa shape index (κ1) is 27.6. The van der Waals surface area contributed by atoms with Gasteiger partial charge in [-0.25, -0.2) is 14.8 Å². The SMILES string of the molecule is C[C@@H](NC(=O)OC(C)(C)C)C(=O)N1CC[C@@H](CN(c2ncc(B3OC(C)(C)C(C)(C)O3)cn2)C2CC2)C1. The van der Waals surface area contributed by atoms with E-state index in [4.69, 9.17) is 14.0 Å². The van der Waals surface area contributed by atoms with Crippen LogP contribution < -0.4 is 15.7 Å². The number of carbonyl (C=O) groups is 2. The Kier molecular flexibility index (Phi) is 7.51. The van der Waals surface area contributed by atoms with Gasteiger partial charge >= 0.3 is 13.2 Å². The van der Waals surface area contributed by atoms with Gasteiger partial charge in [0.1, 0.15) is 11.6 Å². The van der Waals surface area contributed by atoms with E-state index in [1.165, 1.54) is 0 Å². The number of rotatable bonds is 7. The third-order valence-electron chi connectivity index (χ3n) is 7.58. The number of amides is 2. The summed E-state index contributed by atoms with van der Waals surface area (Å²) in [7, 11) is -0.487. The summed E-state index contributed by atoms with van der Waals surface area (Å²) in [6.45, 7) is 17.3. The summed E-state index contributed by atoms with van der Waals surface area (Å²) in [5.41, 5.74) is -0.630. The largest absolute Gasteiger partial charge is 0.498 e. The molecule has 2 amide bonds. The minimum absolute atomic E-state index is 0.0886. The Hall–Kier alpha value is -2.40. The van der Waals surface area contributed by atoms with Gasteiger partial charge in [0, 0.05) is 43.5 Å². The first-order valence-electron chi connectivity index (χ1n) is 13.4. The third-order valence-corrected chi connectivity index (χ3v) is 7.58. The monoisotopic (exact) mass is 515 g/mol. The number of anilines is 1. The van der Waals surface area contributed by atoms with Crippen molar-refractivity contribution in [1.82, 2.24) is 20.2 Å². The fraction of sp³-hybridized carbons (Fsp3) is 0.769. The second-order valence-corrected chi connectivity index (χ2v) is 12.6. The Morgan fingerprint density at radius 1 is 1.16 bits per heavy atom. The molecule has 3 fully saturated rings. The van der Waals surface area contributed by atoms with Gasteiger partial charge < -0.3 is 29.2 Å². The van der Waals surface area contributed by atoms with Crippen molar-refractivity contribution in [2.75, 3.05) is 24.5 Å². The van der Waals surface area contributed by atoms with Crippen LogP contribution in [-0.4, -0.2) is 82.5 Å². The Morgan fingerprint density at radius 2 is 1.76 bits per heavy atom. The van der Waals surface area contributed by atoms with Gasteiger partial charge in [0.2, 0.25) is 11.9 Å². The van der Waals surface area contributed by atoms with Crippen LogP contribution in [0.3, 0.4) is 0 Å². The molecule has 0 aromatic carbocycles. The summed E-state index contributed by atoms with van der Waals surface area (Å²) in [4.78, 5) is 38.5. The number of nitrogens with one attached hydrogen (secondary N) is 1. The van der Waals surface area contributed by atoms with Crippen molar-refractivity contribution in [3.05, 3.63) is 12.4 Å². The van der Waals surface area contributed by atoms with E-state index in [-0.39, 0.29) is 5.91 Å². The number of carbonyl (C=O) groups excluding carboxylic acids is 2. The second kappa shape index (κ2) is 10.1. The Labute approximate surface area is 221 Å². The lowest BCUT2D eigenvalue weighted by Crippen LogP contribution is -2.47. The Balaban J connectivity index is 1.33. The number of alkyl carbamates (subject to hydrolysis) is 1. The second-order valence-electron chi connectivity index (χ2n) is 12.6. The number of hydrogen-bond donors (Lipinski definition) is 1. The lowest BCUT2D eigenvalue weighted by Gasteiger charge is -2.32. The van der Waals surface area contributed by atoms with Crippen molar-refractivity contribution < 1.29 is 23.6 Å². The van der Waals surface area contributed by atoms with Gasteiger partial charge in [0.05, 0.1) is 11.2 Å². The maximum Gasteiger partial charge on any atom is 0.498 e. The number of aromatic nitrogens is 2. The van der Waals surface area contributed by atoms with Crippen LogP contribution in [0.5, 0.6) is 0 Å². The quantitative estimate of drug-likeness (QED) is 0.553. The summed E-state index contributed by atoms with van der Waals surface area (Å²) >= 11 is 0. The molecule has 1 aromatic rings. The molecule has 1 aliphatic carbocycles. The highest BCUT2D eigenvalue weighted by atomic mass is 16.7. The van der Waals surface area contributed by atoms with Crippen LogP contribution in [-0.2, 0) is 18.8 Å². The molecule has 10 nitrogen and oxygen atoms in total. The van der Waals surface area contributed by atoms with Crippen molar-refractivity contribution in [1.29, 1.82) is 0 Å². The average Bonchev–Trinajstić information content (AvgIpc) is 3.46. The van der Waals surface area contributed by atoms with Crippen LogP contribution in [0.15, 0.2) is 12.4 Å². The highest BCUT2D eigenvalue weighted by molar-refractivity contribution is 6.61. The van der Waals surface area contributed by atoms with E-state index in [0.717, 1.165) is 31.3 Å². The topological polar surface area (TPSA) is 106 Å². The number of likely N-dealkylation sites (tertiary alicyclic amines) is 1. The molecular formula is C26H42BN5O5. The van der Waals surface area contributed by atoms with Crippen LogP contribution in [0.2, 0.25) is 0 Å². The number of hydrogen-bond acceptors (Lipinski definition) is 8. The molecule has 4 rings (SSSR count). The maximum absolute atomic E-state index is 12.9. The van der Waals surface area contributed by atoms with E-state index >= 15 is 0 Å². The number of nitrogens with zero attached hydrogens (tertiary/aromatic N) is 4. The standard InChI is InChI=1S/C26H42BN5O5/c1-17(30-23(34)35-24(2,3)4)21(33)31-12-11-18(15-31)16-32(20-9-10-20)22-28-13-19(14-29-22)27-36-25(5,6)26(7,8)37-27/h13-14,17-18,20H,9-12,15-16H2,1-8H3,(H,30,34)/t17-,18-/m1/s1. The molecule has 1 aromatic heterocycles. The molecular weight excluding hydrogens is 473 g/mol. The van der Waals surface area contributed by atoms with Crippen molar-refractivity contribution in [3.8, 4) is 0 Å². The van der Waals surface area contributed by atoms with Gasteiger partial charge in [-0.15, -0.1) is 0 Å². The molecule has 3 aliphatic rings. The van der Waals surface area contributed by atoms with Crippen LogP contribution >= 0.6 is 0 Å². The van der Waals surface area contributed by atoms with E-state index in [1.807, 2.05) is 32.6 Å². The molecule has 0 spiro atoms. The zero-order chi connectivity index (χ0) is 27.2. The predicted octanol–water partition coefficient (Wildman–Crippen LogP) is 2.51. The van der Waals surface area contributed by atoms with Crippen LogP contribution in [0.1, 0.15) is 74.7 Å². The Morgan fingerprint density at radius 3 is 2.30 bits per heavy atom. The van der Waals surface area contributed by atoms with Crippen molar-refractivity contribution in [2.45, 2.75) is 104 Å². The average molecular weight is 515 g/mol. The minimum atomic E-state index is -0.640. The van der Waals surface area contributed by atoms with Gasteiger partial charge in [0.25, 0.3) is 0 Å². The van der Waals surface area contributed by atoms with Gasteiger partial charge in [-0.1, -0.05) is 0 Å². The molecule has 11 heteroatoms. The van der Waals surface area contributed by atoms with E-state index in [1.54, 1.807) is 40.1 Å². The summed E-state index contributed by atoms with van der Waals surface area (Å²) < 4.78 is 17.5.